The Kier molecular flexibility index (Phi) is 8.55. The summed E-state index contributed by atoms with van der Waals surface area (Å²) in [4.78, 5) is 14.2. The highest BCUT2D eigenvalue weighted by Gasteiger charge is 2.24. The molecule has 0 aliphatic carbocycles. The zero-order chi connectivity index (χ0) is 24.8. The Bertz CT molecular complexity index is 1170. The van der Waals surface area contributed by atoms with Crippen LogP contribution in [0.1, 0.15) is 39.5 Å². The number of amides is 1. The predicted octanol–water partition coefficient (Wildman–Crippen LogP) is 4.67. The van der Waals surface area contributed by atoms with E-state index >= 15 is 0 Å². The van der Waals surface area contributed by atoms with Crippen molar-refractivity contribution in [2.24, 2.45) is 0 Å². The van der Waals surface area contributed by atoms with Crippen LogP contribution >= 0.6 is 11.8 Å². The lowest BCUT2D eigenvalue weighted by atomic mass is 9.99. The van der Waals surface area contributed by atoms with E-state index in [2.05, 4.69) is 29.7 Å². The first-order valence-corrected chi connectivity index (χ1v) is 12.9. The predicted molar refractivity (Wildman–Crippen MR) is 136 cm³/mol. The molecule has 0 radical (unpaired) electrons. The first-order chi connectivity index (χ1) is 16.9. The quantitative estimate of drug-likeness (QED) is 0.382. The van der Waals surface area contributed by atoms with Gasteiger partial charge in [0.15, 0.2) is 0 Å². The summed E-state index contributed by atoms with van der Waals surface area (Å²) in [6.07, 6.45) is 0.981. The van der Waals surface area contributed by atoms with Crippen LogP contribution in [0.15, 0.2) is 65.6 Å². The highest BCUT2D eigenvalue weighted by atomic mass is 32.2. The Morgan fingerprint density at radius 3 is 2.57 bits per heavy atom. The molecule has 3 aromatic rings. The number of thioether (sulfide) groups is 1. The third-order valence-electron chi connectivity index (χ3n) is 6.19. The summed E-state index contributed by atoms with van der Waals surface area (Å²) in [5, 5.41) is 17.1. The van der Waals surface area contributed by atoms with Gasteiger partial charge >= 0.3 is 0 Å². The number of fused-ring (bicyclic) bond motifs is 1. The van der Waals surface area contributed by atoms with Crippen molar-refractivity contribution < 1.29 is 18.7 Å². The molecule has 3 aromatic carbocycles. The summed E-state index contributed by atoms with van der Waals surface area (Å²) in [6.45, 7) is 2.86. The minimum atomic E-state index is -0.968. The second-order valence-electron chi connectivity index (χ2n) is 8.85. The fourth-order valence-corrected chi connectivity index (χ4v) is 5.36. The van der Waals surface area contributed by atoms with Crippen molar-refractivity contribution in [1.29, 1.82) is 0 Å². The van der Waals surface area contributed by atoms with Gasteiger partial charge in [0.05, 0.1) is 12.1 Å². The summed E-state index contributed by atoms with van der Waals surface area (Å²) in [5.74, 6) is -0.699. The monoisotopic (exact) mass is 496 g/mol. The van der Waals surface area contributed by atoms with E-state index in [1.165, 1.54) is 22.6 Å². The van der Waals surface area contributed by atoms with Gasteiger partial charge in [-0.1, -0.05) is 31.2 Å². The fourth-order valence-electron chi connectivity index (χ4n) is 4.31. The lowest BCUT2D eigenvalue weighted by molar-refractivity contribution is 0.0829. The molecule has 0 spiro atoms. The molecule has 3 N–H and O–H groups in total. The van der Waals surface area contributed by atoms with Crippen LogP contribution in [0.3, 0.4) is 0 Å². The summed E-state index contributed by atoms with van der Waals surface area (Å²) < 4.78 is 27.6. The molecule has 2 unspecified atom stereocenters. The first kappa shape index (κ1) is 25.4. The van der Waals surface area contributed by atoms with Gasteiger partial charge in [0.1, 0.15) is 11.6 Å². The highest BCUT2D eigenvalue weighted by molar-refractivity contribution is 7.99. The molecular weight excluding hydrogens is 466 g/mol. The van der Waals surface area contributed by atoms with E-state index in [4.69, 9.17) is 0 Å². The molecule has 1 aliphatic rings. The number of rotatable bonds is 10. The molecule has 0 aromatic heterocycles. The Hall–Kier alpha value is -2.74. The lowest BCUT2D eigenvalue weighted by Crippen LogP contribution is -2.48. The Morgan fingerprint density at radius 1 is 1.03 bits per heavy atom. The van der Waals surface area contributed by atoms with Crippen LogP contribution in [0, 0.1) is 11.6 Å². The van der Waals surface area contributed by atoms with E-state index in [0.717, 1.165) is 35.8 Å². The maximum absolute atomic E-state index is 13.8. The fraction of sp³-hybridized carbons (Fsp3) is 0.321. The number of nitrogens with one attached hydrogen (secondary N) is 2. The maximum atomic E-state index is 13.8. The molecule has 184 valence electrons. The highest BCUT2D eigenvalue weighted by Crippen LogP contribution is 2.31. The number of halogens is 2. The van der Waals surface area contributed by atoms with Crippen LogP contribution < -0.4 is 10.6 Å². The molecule has 0 saturated carbocycles. The van der Waals surface area contributed by atoms with E-state index in [1.807, 2.05) is 24.3 Å². The number of aliphatic hydroxyl groups excluding tert-OH is 1. The minimum Gasteiger partial charge on any atom is -0.390 e. The standard InChI is InChI=1S/C28H30F2N2O2S/c1-2-18-4-3-5-19(10-18)16-31-17-26(33)25(13-20-11-23(29)15-24(30)12-20)32-28(34)22-6-7-27-21(14-22)8-9-35-27/h3-7,10-12,14-15,25-26,31,33H,2,8-9,13,16-17H2,1H3,(H,32,34). The van der Waals surface area contributed by atoms with Gasteiger partial charge in [0.25, 0.3) is 5.91 Å². The number of aliphatic hydroxyl groups is 1. The number of benzene rings is 3. The summed E-state index contributed by atoms with van der Waals surface area (Å²) in [7, 11) is 0. The molecule has 1 heterocycles. The second kappa shape index (κ2) is 11.8. The Labute approximate surface area is 209 Å². The second-order valence-corrected chi connectivity index (χ2v) is 9.99. The van der Waals surface area contributed by atoms with Gasteiger partial charge in [0.2, 0.25) is 0 Å². The number of hydrogen-bond acceptors (Lipinski definition) is 4. The Morgan fingerprint density at radius 2 is 1.80 bits per heavy atom. The average Bonchev–Trinajstić information content (AvgIpc) is 3.31. The van der Waals surface area contributed by atoms with Crippen LogP contribution in [0.5, 0.6) is 0 Å². The van der Waals surface area contributed by atoms with Gasteiger partial charge in [-0.15, -0.1) is 11.8 Å². The van der Waals surface area contributed by atoms with Crippen LogP contribution in [0.2, 0.25) is 0 Å². The molecule has 0 bridgehead atoms. The third kappa shape index (κ3) is 6.90. The van der Waals surface area contributed by atoms with Gasteiger partial charge in [-0.2, -0.15) is 0 Å². The van der Waals surface area contributed by atoms with Crippen molar-refractivity contribution in [2.75, 3.05) is 12.3 Å². The van der Waals surface area contributed by atoms with Crippen LogP contribution in [0.25, 0.3) is 0 Å². The van der Waals surface area contributed by atoms with Gasteiger partial charge in [0, 0.05) is 35.4 Å². The first-order valence-electron chi connectivity index (χ1n) is 11.9. The smallest absolute Gasteiger partial charge is 0.251 e. The summed E-state index contributed by atoms with van der Waals surface area (Å²) >= 11 is 1.77. The maximum Gasteiger partial charge on any atom is 0.251 e. The molecule has 35 heavy (non-hydrogen) atoms. The molecular formula is C28H30F2N2O2S. The van der Waals surface area contributed by atoms with Crippen molar-refractivity contribution >= 4 is 17.7 Å². The number of carbonyl (C=O) groups excluding carboxylic acids is 1. The van der Waals surface area contributed by atoms with E-state index in [-0.39, 0.29) is 18.9 Å². The molecule has 4 rings (SSSR count). The van der Waals surface area contributed by atoms with Crippen molar-refractivity contribution in [3.05, 3.63) is 100 Å². The molecule has 4 nitrogen and oxygen atoms in total. The van der Waals surface area contributed by atoms with Crippen LogP contribution in [-0.4, -0.2) is 35.5 Å². The summed E-state index contributed by atoms with van der Waals surface area (Å²) in [6, 6.07) is 16.3. The van der Waals surface area contributed by atoms with Gasteiger partial charge in [-0.25, -0.2) is 8.78 Å². The third-order valence-corrected chi connectivity index (χ3v) is 7.31. The SMILES string of the molecule is CCc1cccc(CNCC(O)C(Cc2cc(F)cc(F)c2)NC(=O)c2ccc3c(c2)CCS3)c1. The largest absolute Gasteiger partial charge is 0.390 e. The zero-order valence-electron chi connectivity index (χ0n) is 19.7. The van der Waals surface area contributed by atoms with E-state index in [0.29, 0.717) is 17.7 Å². The summed E-state index contributed by atoms with van der Waals surface area (Å²) in [5.41, 5.74) is 4.35. The number of hydrogen-bond donors (Lipinski definition) is 3. The zero-order valence-corrected chi connectivity index (χ0v) is 20.5. The number of carbonyl (C=O) groups is 1. The van der Waals surface area contributed by atoms with Crippen molar-refractivity contribution in [2.45, 2.75) is 49.8 Å². The molecule has 2 atom stereocenters. The van der Waals surface area contributed by atoms with Crippen molar-refractivity contribution in [3.8, 4) is 0 Å². The van der Waals surface area contributed by atoms with Crippen molar-refractivity contribution in [3.63, 3.8) is 0 Å². The van der Waals surface area contributed by atoms with E-state index in [1.54, 1.807) is 17.8 Å². The molecule has 1 aliphatic heterocycles. The molecule has 0 fully saturated rings. The lowest BCUT2D eigenvalue weighted by Gasteiger charge is -2.25. The van der Waals surface area contributed by atoms with Crippen LogP contribution in [-0.2, 0) is 25.8 Å². The van der Waals surface area contributed by atoms with Gasteiger partial charge in [-0.05, 0) is 71.8 Å². The Balaban J connectivity index is 1.45. The van der Waals surface area contributed by atoms with Gasteiger partial charge < -0.3 is 15.7 Å². The average molecular weight is 497 g/mol. The van der Waals surface area contributed by atoms with E-state index in [9.17, 15) is 18.7 Å². The van der Waals surface area contributed by atoms with Crippen LogP contribution in [0.4, 0.5) is 8.78 Å². The molecule has 1 amide bonds. The normalized spacial score (nSPS) is 14.4. The van der Waals surface area contributed by atoms with E-state index < -0.39 is 23.8 Å². The molecule has 7 heteroatoms. The topological polar surface area (TPSA) is 61.4 Å². The minimum absolute atomic E-state index is 0.0926. The number of aryl methyl sites for hydroxylation is 2. The molecule has 0 saturated heterocycles. The van der Waals surface area contributed by atoms with Gasteiger partial charge in [-0.3, -0.25) is 4.79 Å². The van der Waals surface area contributed by atoms with Crippen molar-refractivity contribution in [1.82, 2.24) is 10.6 Å².